The summed E-state index contributed by atoms with van der Waals surface area (Å²) < 4.78 is 0. The van der Waals surface area contributed by atoms with Gasteiger partial charge in [0.25, 0.3) is 5.91 Å². The van der Waals surface area contributed by atoms with Crippen LogP contribution in [0.5, 0.6) is 0 Å². The SMILES string of the molecule is Cc1cc(C(=O)NCC(O)c2ccccc2Cl)ncn1. The van der Waals surface area contributed by atoms with Crippen molar-refractivity contribution in [2.75, 3.05) is 6.54 Å². The molecular formula is C14H14ClN3O2. The molecular weight excluding hydrogens is 278 g/mol. The highest BCUT2D eigenvalue weighted by Crippen LogP contribution is 2.21. The third kappa shape index (κ3) is 3.53. The molecule has 1 heterocycles. The highest BCUT2D eigenvalue weighted by molar-refractivity contribution is 6.31. The van der Waals surface area contributed by atoms with E-state index in [1.807, 2.05) is 0 Å². The van der Waals surface area contributed by atoms with E-state index in [0.717, 1.165) is 0 Å². The normalized spacial score (nSPS) is 11.9. The second kappa shape index (κ2) is 6.45. The summed E-state index contributed by atoms with van der Waals surface area (Å²) in [4.78, 5) is 19.7. The maximum atomic E-state index is 11.9. The van der Waals surface area contributed by atoms with E-state index in [1.165, 1.54) is 6.33 Å². The number of amides is 1. The third-order valence-electron chi connectivity index (χ3n) is 2.76. The van der Waals surface area contributed by atoms with Gasteiger partial charge in [-0.15, -0.1) is 0 Å². The molecule has 0 aliphatic carbocycles. The van der Waals surface area contributed by atoms with Crippen LogP contribution in [0.25, 0.3) is 0 Å². The Morgan fingerprint density at radius 3 is 2.85 bits per heavy atom. The molecule has 1 aromatic heterocycles. The third-order valence-corrected chi connectivity index (χ3v) is 3.10. The number of rotatable bonds is 4. The number of aliphatic hydroxyl groups excluding tert-OH is 1. The van der Waals surface area contributed by atoms with Crippen LogP contribution < -0.4 is 5.32 Å². The van der Waals surface area contributed by atoms with Crippen LogP contribution in [0.3, 0.4) is 0 Å². The molecule has 0 aliphatic heterocycles. The lowest BCUT2D eigenvalue weighted by Crippen LogP contribution is -2.29. The van der Waals surface area contributed by atoms with Crippen molar-refractivity contribution in [3.63, 3.8) is 0 Å². The van der Waals surface area contributed by atoms with Crippen LogP contribution in [0.4, 0.5) is 0 Å². The molecule has 0 spiro atoms. The van der Waals surface area contributed by atoms with Gasteiger partial charge in [0.05, 0.1) is 6.10 Å². The van der Waals surface area contributed by atoms with Crippen LogP contribution in [-0.4, -0.2) is 27.5 Å². The zero-order chi connectivity index (χ0) is 14.5. The summed E-state index contributed by atoms with van der Waals surface area (Å²) in [5.74, 6) is -0.360. The monoisotopic (exact) mass is 291 g/mol. The molecule has 20 heavy (non-hydrogen) atoms. The van der Waals surface area contributed by atoms with E-state index >= 15 is 0 Å². The van der Waals surface area contributed by atoms with Crippen LogP contribution in [0, 0.1) is 6.92 Å². The Bertz CT molecular complexity index is 619. The number of aromatic nitrogens is 2. The van der Waals surface area contributed by atoms with Gasteiger partial charge in [-0.1, -0.05) is 29.8 Å². The second-order valence-corrected chi connectivity index (χ2v) is 4.70. The first-order chi connectivity index (χ1) is 9.58. The van der Waals surface area contributed by atoms with E-state index in [0.29, 0.717) is 16.3 Å². The summed E-state index contributed by atoms with van der Waals surface area (Å²) in [6.07, 6.45) is 0.463. The van der Waals surface area contributed by atoms with Crippen molar-refractivity contribution >= 4 is 17.5 Å². The molecule has 0 radical (unpaired) electrons. The number of carbonyl (C=O) groups excluding carboxylic acids is 1. The number of aryl methyl sites for hydroxylation is 1. The molecule has 1 aromatic carbocycles. The van der Waals surface area contributed by atoms with Gasteiger partial charge in [-0.2, -0.15) is 0 Å². The van der Waals surface area contributed by atoms with E-state index in [1.54, 1.807) is 37.3 Å². The quantitative estimate of drug-likeness (QED) is 0.902. The fourth-order valence-corrected chi connectivity index (χ4v) is 1.98. The molecule has 1 amide bonds. The highest BCUT2D eigenvalue weighted by Gasteiger charge is 2.14. The highest BCUT2D eigenvalue weighted by atomic mass is 35.5. The van der Waals surface area contributed by atoms with Crippen molar-refractivity contribution in [1.29, 1.82) is 0 Å². The minimum atomic E-state index is -0.865. The average Bonchev–Trinajstić information content (AvgIpc) is 2.45. The molecule has 0 fully saturated rings. The maximum absolute atomic E-state index is 11.9. The molecule has 0 aliphatic rings. The van der Waals surface area contributed by atoms with Gasteiger partial charge in [0.1, 0.15) is 12.0 Å². The summed E-state index contributed by atoms with van der Waals surface area (Å²) in [5.41, 5.74) is 1.55. The van der Waals surface area contributed by atoms with Crippen molar-refractivity contribution in [2.45, 2.75) is 13.0 Å². The standard InChI is InChI=1S/C14H14ClN3O2/c1-9-6-12(18-8-17-9)14(20)16-7-13(19)10-4-2-3-5-11(10)15/h2-6,8,13,19H,7H2,1H3,(H,16,20). The summed E-state index contributed by atoms with van der Waals surface area (Å²) in [6, 6.07) is 8.54. The smallest absolute Gasteiger partial charge is 0.270 e. The molecule has 6 heteroatoms. The Labute approximate surface area is 121 Å². The molecule has 2 N–H and O–H groups in total. The van der Waals surface area contributed by atoms with Crippen molar-refractivity contribution < 1.29 is 9.90 Å². The molecule has 1 atom stereocenters. The average molecular weight is 292 g/mol. The van der Waals surface area contributed by atoms with E-state index < -0.39 is 6.10 Å². The zero-order valence-electron chi connectivity index (χ0n) is 10.9. The Balaban J connectivity index is 1.99. The van der Waals surface area contributed by atoms with Crippen molar-refractivity contribution in [3.05, 3.63) is 58.6 Å². The number of nitrogens with one attached hydrogen (secondary N) is 1. The topological polar surface area (TPSA) is 75.1 Å². The first-order valence-corrected chi connectivity index (χ1v) is 6.45. The van der Waals surface area contributed by atoms with Crippen LogP contribution in [0.1, 0.15) is 27.8 Å². The van der Waals surface area contributed by atoms with Gasteiger partial charge in [-0.05, 0) is 19.1 Å². The summed E-state index contributed by atoms with van der Waals surface area (Å²) in [6.45, 7) is 1.84. The van der Waals surface area contributed by atoms with Gasteiger partial charge in [-0.25, -0.2) is 9.97 Å². The van der Waals surface area contributed by atoms with Crippen LogP contribution >= 0.6 is 11.6 Å². The van der Waals surface area contributed by atoms with Crippen LogP contribution in [0.15, 0.2) is 36.7 Å². The van der Waals surface area contributed by atoms with Crippen molar-refractivity contribution in [1.82, 2.24) is 15.3 Å². The number of aliphatic hydroxyl groups is 1. The first kappa shape index (κ1) is 14.4. The molecule has 0 saturated heterocycles. The second-order valence-electron chi connectivity index (χ2n) is 4.29. The number of hydrogen-bond acceptors (Lipinski definition) is 4. The number of halogens is 1. The lowest BCUT2D eigenvalue weighted by atomic mass is 10.1. The Morgan fingerprint density at radius 1 is 1.40 bits per heavy atom. The maximum Gasteiger partial charge on any atom is 0.270 e. The first-order valence-electron chi connectivity index (χ1n) is 6.07. The van der Waals surface area contributed by atoms with Crippen molar-refractivity contribution in [3.8, 4) is 0 Å². The Morgan fingerprint density at radius 2 is 2.15 bits per heavy atom. The van der Waals surface area contributed by atoms with Gasteiger partial charge in [0, 0.05) is 22.8 Å². The number of hydrogen-bond donors (Lipinski definition) is 2. The predicted octanol–water partition coefficient (Wildman–Crippen LogP) is 1.90. The lowest BCUT2D eigenvalue weighted by molar-refractivity contribution is 0.0911. The fourth-order valence-electron chi connectivity index (χ4n) is 1.71. The molecule has 2 rings (SSSR count). The van der Waals surface area contributed by atoms with Crippen LogP contribution in [-0.2, 0) is 0 Å². The van der Waals surface area contributed by atoms with Gasteiger partial charge >= 0.3 is 0 Å². The minimum absolute atomic E-state index is 0.0611. The summed E-state index contributed by atoms with van der Waals surface area (Å²) >= 11 is 5.98. The Hall–Kier alpha value is -1.98. The number of nitrogens with zero attached hydrogens (tertiary/aromatic N) is 2. The lowest BCUT2D eigenvalue weighted by Gasteiger charge is -2.13. The van der Waals surface area contributed by atoms with Gasteiger partial charge in [-0.3, -0.25) is 4.79 Å². The van der Waals surface area contributed by atoms with Gasteiger partial charge in [0.2, 0.25) is 0 Å². The largest absolute Gasteiger partial charge is 0.387 e. The molecule has 104 valence electrons. The molecule has 0 bridgehead atoms. The zero-order valence-corrected chi connectivity index (χ0v) is 11.6. The molecule has 1 unspecified atom stereocenters. The summed E-state index contributed by atoms with van der Waals surface area (Å²) in [7, 11) is 0. The van der Waals surface area contributed by atoms with Gasteiger partial charge < -0.3 is 10.4 Å². The number of carbonyl (C=O) groups is 1. The van der Waals surface area contributed by atoms with E-state index in [-0.39, 0.29) is 18.1 Å². The fraction of sp³-hybridized carbons (Fsp3) is 0.214. The molecule has 5 nitrogen and oxygen atoms in total. The van der Waals surface area contributed by atoms with Crippen LogP contribution in [0.2, 0.25) is 5.02 Å². The van der Waals surface area contributed by atoms with Crippen molar-refractivity contribution in [2.24, 2.45) is 0 Å². The molecule has 0 saturated carbocycles. The summed E-state index contributed by atoms with van der Waals surface area (Å²) in [5, 5.41) is 13.1. The predicted molar refractivity (Wildman–Crippen MR) is 75.5 cm³/mol. The van der Waals surface area contributed by atoms with E-state index in [4.69, 9.17) is 11.6 Å². The van der Waals surface area contributed by atoms with E-state index in [2.05, 4.69) is 15.3 Å². The number of benzene rings is 1. The minimum Gasteiger partial charge on any atom is -0.387 e. The van der Waals surface area contributed by atoms with E-state index in [9.17, 15) is 9.90 Å². The van der Waals surface area contributed by atoms with Gasteiger partial charge in [0.15, 0.2) is 0 Å². The Kier molecular flexibility index (Phi) is 4.65. The molecule has 2 aromatic rings.